The molecule has 0 aromatic heterocycles. The highest BCUT2D eigenvalue weighted by molar-refractivity contribution is 9.12. The molecule has 2 amide bonds. The third kappa shape index (κ3) is 2.68. The van der Waals surface area contributed by atoms with Crippen LogP contribution in [0, 0.1) is 30.6 Å². The fraction of sp³-hybridized carbons (Fsp3) is 0.364. The van der Waals surface area contributed by atoms with Gasteiger partial charge in [0.1, 0.15) is 11.5 Å². The van der Waals surface area contributed by atoms with E-state index in [1.165, 1.54) is 10.5 Å². The molecule has 4 nitrogen and oxygen atoms in total. The number of benzene rings is 2. The minimum Gasteiger partial charge on any atom is -0.457 e. The maximum atomic E-state index is 13.1. The molecule has 2 bridgehead atoms. The molecule has 2 aromatic rings. The van der Waals surface area contributed by atoms with Gasteiger partial charge < -0.3 is 4.74 Å². The van der Waals surface area contributed by atoms with Gasteiger partial charge in [0.25, 0.3) is 0 Å². The van der Waals surface area contributed by atoms with E-state index >= 15 is 0 Å². The van der Waals surface area contributed by atoms with Crippen LogP contribution in [0.3, 0.4) is 0 Å². The average Bonchev–Trinajstić information content (AvgIpc) is 3.29. The summed E-state index contributed by atoms with van der Waals surface area (Å²) in [6.45, 7) is 2.03. The number of imide groups is 1. The highest BCUT2D eigenvalue weighted by Gasteiger charge is 2.66. The molecule has 144 valence electrons. The summed E-state index contributed by atoms with van der Waals surface area (Å²) in [5.74, 6) is 1.38. The summed E-state index contributed by atoms with van der Waals surface area (Å²) < 4.78 is 5.85. The zero-order valence-corrected chi connectivity index (χ0v) is 18.4. The monoisotopic (exact) mass is 503 g/mol. The minimum absolute atomic E-state index is 0.0569. The van der Waals surface area contributed by atoms with Gasteiger partial charge in [-0.3, -0.25) is 14.5 Å². The van der Waals surface area contributed by atoms with E-state index in [2.05, 4.69) is 31.9 Å². The summed E-state index contributed by atoms with van der Waals surface area (Å²) in [4.78, 5) is 28.1. The van der Waals surface area contributed by atoms with Crippen molar-refractivity contribution in [3.05, 3.63) is 54.1 Å². The number of alkyl halides is 2. The smallest absolute Gasteiger partial charge is 0.238 e. The van der Waals surface area contributed by atoms with E-state index in [1.807, 2.05) is 31.2 Å². The molecule has 1 aliphatic heterocycles. The Morgan fingerprint density at radius 2 is 1.29 bits per heavy atom. The zero-order chi connectivity index (χ0) is 19.6. The van der Waals surface area contributed by atoms with Gasteiger partial charge in [-0.15, -0.1) is 0 Å². The Kier molecular flexibility index (Phi) is 4.40. The molecule has 0 unspecified atom stereocenters. The summed E-state index contributed by atoms with van der Waals surface area (Å²) in [7, 11) is 0. The lowest BCUT2D eigenvalue weighted by Gasteiger charge is -2.28. The molecule has 3 aliphatic rings. The number of aryl methyl sites for hydroxylation is 1. The molecule has 28 heavy (non-hydrogen) atoms. The number of rotatable bonds is 3. The van der Waals surface area contributed by atoms with Gasteiger partial charge in [0, 0.05) is 9.65 Å². The summed E-state index contributed by atoms with van der Waals surface area (Å²) in [5, 5.41) is 0. The van der Waals surface area contributed by atoms with Crippen LogP contribution in [0.5, 0.6) is 11.5 Å². The van der Waals surface area contributed by atoms with Crippen molar-refractivity contribution in [2.45, 2.75) is 23.0 Å². The summed E-state index contributed by atoms with van der Waals surface area (Å²) >= 11 is 7.44. The Labute approximate surface area is 180 Å². The number of halogens is 2. The molecule has 2 aliphatic carbocycles. The van der Waals surface area contributed by atoms with Crippen LogP contribution in [0.4, 0.5) is 5.69 Å². The van der Waals surface area contributed by atoms with Crippen LogP contribution in [-0.2, 0) is 9.59 Å². The molecule has 0 spiro atoms. The van der Waals surface area contributed by atoms with Crippen molar-refractivity contribution in [1.82, 2.24) is 0 Å². The van der Waals surface area contributed by atoms with Crippen LogP contribution in [0.1, 0.15) is 12.0 Å². The first-order valence-corrected chi connectivity index (χ1v) is 11.3. The summed E-state index contributed by atoms with van der Waals surface area (Å²) in [6, 6.07) is 15.0. The first-order valence-electron chi connectivity index (χ1n) is 9.46. The van der Waals surface area contributed by atoms with E-state index in [-0.39, 0.29) is 45.1 Å². The minimum atomic E-state index is -0.195. The van der Waals surface area contributed by atoms with Crippen LogP contribution in [0.25, 0.3) is 0 Å². The van der Waals surface area contributed by atoms with Crippen LogP contribution in [0.15, 0.2) is 48.5 Å². The van der Waals surface area contributed by atoms with Gasteiger partial charge in [0.05, 0.1) is 17.5 Å². The highest BCUT2D eigenvalue weighted by atomic mass is 79.9. The first-order chi connectivity index (χ1) is 13.5. The van der Waals surface area contributed by atoms with Gasteiger partial charge >= 0.3 is 0 Å². The van der Waals surface area contributed by atoms with E-state index in [4.69, 9.17) is 4.74 Å². The van der Waals surface area contributed by atoms with Crippen molar-refractivity contribution in [2.24, 2.45) is 23.7 Å². The maximum absolute atomic E-state index is 13.1. The second kappa shape index (κ2) is 6.70. The average molecular weight is 505 g/mol. The van der Waals surface area contributed by atoms with E-state index in [1.54, 1.807) is 24.3 Å². The number of hydrogen-bond donors (Lipinski definition) is 0. The fourth-order valence-corrected chi connectivity index (χ4v) is 6.88. The number of hydrogen-bond acceptors (Lipinski definition) is 3. The molecule has 0 radical (unpaired) electrons. The Morgan fingerprint density at radius 3 is 1.79 bits per heavy atom. The van der Waals surface area contributed by atoms with Crippen molar-refractivity contribution in [3.8, 4) is 11.5 Å². The molecule has 1 saturated heterocycles. The summed E-state index contributed by atoms with van der Waals surface area (Å²) in [6.07, 6.45) is 0.940. The number of ether oxygens (including phenoxy) is 1. The second-order valence-corrected chi connectivity index (χ2v) is 10.0. The number of anilines is 1. The third-order valence-electron chi connectivity index (χ3n) is 6.34. The van der Waals surface area contributed by atoms with Crippen LogP contribution >= 0.6 is 31.9 Å². The standard InChI is InChI=1S/C22H19Br2NO3/c1-11-2-6-13(7-3-11)28-14-8-4-12(5-9-14)25-21(26)17-15-10-16(18(17)22(25)27)20(24)19(15)23/h2-9,15-20H,10H2,1H3/t15-,16+,17-,18+,19-,20+. The van der Waals surface area contributed by atoms with Crippen molar-refractivity contribution >= 4 is 49.4 Å². The topological polar surface area (TPSA) is 46.6 Å². The molecule has 5 rings (SSSR count). The number of amides is 2. The van der Waals surface area contributed by atoms with E-state index < -0.39 is 0 Å². The SMILES string of the molecule is Cc1ccc(Oc2ccc(N3C(=O)[C@@H]4[C@H]5C[C@H]([C@H](Br)[C@@H]5Br)[C@@H]4C3=O)cc2)cc1. The predicted octanol–water partition coefficient (Wildman–Crippen LogP) is 5.07. The molecule has 0 N–H and O–H groups in total. The number of carbonyl (C=O) groups is 2. The van der Waals surface area contributed by atoms with Gasteiger partial charge in [-0.05, 0) is 61.6 Å². The van der Waals surface area contributed by atoms with Crippen LogP contribution < -0.4 is 9.64 Å². The van der Waals surface area contributed by atoms with Gasteiger partial charge in [-0.2, -0.15) is 0 Å². The fourth-order valence-electron chi connectivity index (χ4n) is 5.01. The van der Waals surface area contributed by atoms with Crippen LogP contribution in [0.2, 0.25) is 0 Å². The van der Waals surface area contributed by atoms with Gasteiger partial charge in [-0.1, -0.05) is 49.6 Å². The predicted molar refractivity (Wildman–Crippen MR) is 114 cm³/mol. The number of fused-ring (bicyclic) bond motifs is 5. The largest absolute Gasteiger partial charge is 0.457 e. The Bertz CT molecular complexity index is 911. The van der Waals surface area contributed by atoms with Crippen molar-refractivity contribution in [3.63, 3.8) is 0 Å². The molecular formula is C22H19Br2NO3. The van der Waals surface area contributed by atoms with E-state index in [9.17, 15) is 9.59 Å². The molecule has 2 aromatic carbocycles. The van der Waals surface area contributed by atoms with E-state index in [0.29, 0.717) is 11.4 Å². The quantitative estimate of drug-likeness (QED) is 0.433. The Hall–Kier alpha value is -1.66. The normalized spacial score (nSPS) is 33.5. The molecule has 1 heterocycles. The number of nitrogens with zero attached hydrogens (tertiary/aromatic N) is 1. The molecular weight excluding hydrogens is 486 g/mol. The summed E-state index contributed by atoms with van der Waals surface area (Å²) in [5.41, 5.74) is 1.79. The van der Waals surface area contributed by atoms with Gasteiger partial charge in [0.2, 0.25) is 11.8 Å². The molecule has 3 fully saturated rings. The Balaban J connectivity index is 1.37. The van der Waals surface area contributed by atoms with E-state index in [0.717, 1.165) is 12.2 Å². The first kappa shape index (κ1) is 18.4. The Morgan fingerprint density at radius 1 is 0.821 bits per heavy atom. The number of carbonyl (C=O) groups excluding carboxylic acids is 2. The lowest BCUT2D eigenvalue weighted by molar-refractivity contribution is -0.123. The maximum Gasteiger partial charge on any atom is 0.238 e. The van der Waals surface area contributed by atoms with Gasteiger partial charge in [0.15, 0.2) is 0 Å². The third-order valence-corrected chi connectivity index (χ3v) is 9.55. The lowest BCUT2D eigenvalue weighted by atomic mass is 9.81. The second-order valence-electron chi connectivity index (χ2n) is 7.92. The van der Waals surface area contributed by atoms with Crippen molar-refractivity contribution in [1.29, 1.82) is 0 Å². The highest BCUT2D eigenvalue weighted by Crippen LogP contribution is 2.60. The molecule has 2 saturated carbocycles. The van der Waals surface area contributed by atoms with Crippen molar-refractivity contribution in [2.75, 3.05) is 4.90 Å². The van der Waals surface area contributed by atoms with Crippen molar-refractivity contribution < 1.29 is 14.3 Å². The molecule has 6 heteroatoms. The van der Waals surface area contributed by atoms with Crippen LogP contribution in [-0.4, -0.2) is 21.5 Å². The lowest BCUT2D eigenvalue weighted by Crippen LogP contribution is -2.37. The molecule has 6 atom stereocenters. The zero-order valence-electron chi connectivity index (χ0n) is 15.2. The van der Waals surface area contributed by atoms with Gasteiger partial charge in [-0.25, -0.2) is 0 Å².